The molecule has 1 heterocycles. The molecular weight excluding hydrogens is 376 g/mol. The van der Waals surface area contributed by atoms with Gasteiger partial charge in [-0.05, 0) is 56.0 Å². The number of aryl methyl sites for hydroxylation is 2. The third kappa shape index (κ3) is 5.00. The van der Waals surface area contributed by atoms with E-state index < -0.39 is 0 Å². The molecule has 0 spiro atoms. The van der Waals surface area contributed by atoms with Crippen molar-refractivity contribution in [2.45, 2.75) is 32.7 Å². The molecule has 2 amide bonds. The molecule has 152 valence electrons. The lowest BCUT2D eigenvalue weighted by molar-refractivity contribution is 0.256. The number of para-hydroxylation sites is 1. The molecule has 4 rings (SSSR count). The average molecular weight is 400 g/mol. The van der Waals surface area contributed by atoms with Crippen molar-refractivity contribution in [3.63, 3.8) is 0 Å². The molecule has 3 N–H and O–H groups in total. The SMILES string of the molecule is Cc1cc(C)nc(NC(=NC2Cc3ccccc3C2)NC(=O)Nc2ccccc2)n1. The van der Waals surface area contributed by atoms with E-state index in [0.717, 1.165) is 24.2 Å². The molecule has 0 radical (unpaired) electrons. The fraction of sp³-hybridized carbons (Fsp3) is 0.217. The third-order valence-corrected chi connectivity index (χ3v) is 4.82. The quantitative estimate of drug-likeness (QED) is 0.460. The van der Waals surface area contributed by atoms with E-state index in [2.05, 4.69) is 38.1 Å². The van der Waals surface area contributed by atoms with Crippen LogP contribution in [0.5, 0.6) is 0 Å². The molecule has 0 unspecified atom stereocenters. The number of urea groups is 1. The van der Waals surface area contributed by atoms with Crippen LogP contribution in [0.4, 0.5) is 16.4 Å². The monoisotopic (exact) mass is 400 g/mol. The summed E-state index contributed by atoms with van der Waals surface area (Å²) in [5.74, 6) is 0.730. The van der Waals surface area contributed by atoms with Gasteiger partial charge in [0, 0.05) is 17.1 Å². The van der Waals surface area contributed by atoms with E-state index in [1.807, 2.05) is 62.4 Å². The maximum Gasteiger partial charge on any atom is 0.326 e. The van der Waals surface area contributed by atoms with Gasteiger partial charge in [-0.3, -0.25) is 10.6 Å². The summed E-state index contributed by atoms with van der Waals surface area (Å²) in [6.45, 7) is 3.81. The number of nitrogens with one attached hydrogen (secondary N) is 3. The van der Waals surface area contributed by atoms with Crippen LogP contribution in [0.15, 0.2) is 65.7 Å². The number of aliphatic imine (C=N–C) groups is 1. The van der Waals surface area contributed by atoms with Crippen LogP contribution < -0.4 is 16.0 Å². The first-order valence-corrected chi connectivity index (χ1v) is 9.92. The average Bonchev–Trinajstić information content (AvgIpc) is 3.10. The smallest absolute Gasteiger partial charge is 0.308 e. The Labute approximate surface area is 175 Å². The van der Waals surface area contributed by atoms with Crippen LogP contribution in [0.3, 0.4) is 0 Å². The Hall–Kier alpha value is -3.74. The molecule has 1 aliphatic rings. The lowest BCUT2D eigenvalue weighted by Gasteiger charge is -2.14. The van der Waals surface area contributed by atoms with E-state index in [9.17, 15) is 4.79 Å². The molecule has 7 heteroatoms. The number of hydrogen-bond donors (Lipinski definition) is 3. The fourth-order valence-electron chi connectivity index (χ4n) is 3.58. The van der Waals surface area contributed by atoms with Crippen molar-refractivity contribution >= 4 is 23.6 Å². The number of carbonyl (C=O) groups is 1. The number of guanidine groups is 1. The summed E-state index contributed by atoms with van der Waals surface area (Å²) in [6, 6.07) is 19.1. The molecule has 30 heavy (non-hydrogen) atoms. The second-order valence-corrected chi connectivity index (χ2v) is 7.35. The van der Waals surface area contributed by atoms with Gasteiger partial charge < -0.3 is 5.32 Å². The van der Waals surface area contributed by atoms with Gasteiger partial charge in [-0.25, -0.2) is 19.8 Å². The zero-order valence-corrected chi connectivity index (χ0v) is 17.0. The molecule has 0 fully saturated rings. The summed E-state index contributed by atoms with van der Waals surface area (Å²) in [5.41, 5.74) is 4.96. The fourth-order valence-corrected chi connectivity index (χ4v) is 3.58. The highest BCUT2D eigenvalue weighted by atomic mass is 16.2. The minimum Gasteiger partial charge on any atom is -0.308 e. The first kappa shape index (κ1) is 19.6. The molecule has 1 aromatic heterocycles. The van der Waals surface area contributed by atoms with Gasteiger partial charge in [-0.2, -0.15) is 0 Å². The Kier molecular flexibility index (Phi) is 5.70. The second kappa shape index (κ2) is 8.73. The van der Waals surface area contributed by atoms with Crippen LogP contribution in [0.1, 0.15) is 22.5 Å². The van der Waals surface area contributed by atoms with Crippen molar-refractivity contribution in [1.82, 2.24) is 15.3 Å². The minimum absolute atomic E-state index is 0.0350. The van der Waals surface area contributed by atoms with Gasteiger partial charge >= 0.3 is 6.03 Å². The normalized spacial score (nSPS) is 13.6. The molecule has 3 aromatic rings. The van der Waals surface area contributed by atoms with E-state index in [1.165, 1.54) is 11.1 Å². The molecule has 0 saturated heterocycles. The van der Waals surface area contributed by atoms with Crippen LogP contribution in [-0.2, 0) is 12.8 Å². The highest BCUT2D eigenvalue weighted by molar-refractivity contribution is 6.07. The van der Waals surface area contributed by atoms with Crippen molar-refractivity contribution in [3.05, 3.63) is 83.2 Å². The van der Waals surface area contributed by atoms with Crippen LogP contribution >= 0.6 is 0 Å². The number of hydrogen-bond acceptors (Lipinski definition) is 4. The van der Waals surface area contributed by atoms with Crippen molar-refractivity contribution < 1.29 is 4.79 Å². The van der Waals surface area contributed by atoms with E-state index in [0.29, 0.717) is 17.6 Å². The number of aromatic nitrogens is 2. The Bertz CT molecular complexity index is 1030. The first-order valence-electron chi connectivity index (χ1n) is 9.92. The summed E-state index contributed by atoms with van der Waals surface area (Å²) < 4.78 is 0. The molecule has 1 aliphatic carbocycles. The van der Waals surface area contributed by atoms with Crippen molar-refractivity contribution in [1.29, 1.82) is 0 Å². The second-order valence-electron chi connectivity index (χ2n) is 7.35. The maximum absolute atomic E-state index is 12.6. The molecule has 0 saturated carbocycles. The summed E-state index contributed by atoms with van der Waals surface area (Å²) in [4.78, 5) is 26.1. The highest BCUT2D eigenvalue weighted by Crippen LogP contribution is 2.23. The number of fused-ring (bicyclic) bond motifs is 1. The highest BCUT2D eigenvalue weighted by Gasteiger charge is 2.21. The maximum atomic E-state index is 12.6. The Morgan fingerprint density at radius 3 is 2.13 bits per heavy atom. The van der Waals surface area contributed by atoms with E-state index in [1.54, 1.807) is 0 Å². The summed E-state index contributed by atoms with van der Waals surface area (Å²) in [5, 5.41) is 8.71. The van der Waals surface area contributed by atoms with Gasteiger partial charge in [0.05, 0.1) is 6.04 Å². The number of nitrogens with zero attached hydrogens (tertiary/aromatic N) is 3. The minimum atomic E-state index is -0.382. The Morgan fingerprint density at radius 1 is 0.900 bits per heavy atom. The topological polar surface area (TPSA) is 91.3 Å². The van der Waals surface area contributed by atoms with Crippen molar-refractivity contribution in [2.75, 3.05) is 10.6 Å². The zero-order chi connectivity index (χ0) is 20.9. The number of carbonyl (C=O) groups excluding carboxylic acids is 1. The summed E-state index contributed by atoms with van der Waals surface area (Å²) in [7, 11) is 0. The summed E-state index contributed by atoms with van der Waals surface area (Å²) in [6.07, 6.45) is 1.66. The van der Waals surface area contributed by atoms with Gasteiger partial charge in [0.25, 0.3) is 0 Å². The Morgan fingerprint density at radius 2 is 1.50 bits per heavy atom. The van der Waals surface area contributed by atoms with E-state index in [-0.39, 0.29) is 12.1 Å². The largest absolute Gasteiger partial charge is 0.326 e. The molecule has 0 aliphatic heterocycles. The van der Waals surface area contributed by atoms with Crippen LogP contribution in [0, 0.1) is 13.8 Å². The van der Waals surface area contributed by atoms with Gasteiger partial charge in [0.2, 0.25) is 11.9 Å². The van der Waals surface area contributed by atoms with Crippen LogP contribution in [-0.4, -0.2) is 28.0 Å². The summed E-state index contributed by atoms with van der Waals surface area (Å²) >= 11 is 0. The molecule has 2 aromatic carbocycles. The van der Waals surface area contributed by atoms with Gasteiger partial charge in [0.1, 0.15) is 0 Å². The van der Waals surface area contributed by atoms with E-state index in [4.69, 9.17) is 4.99 Å². The van der Waals surface area contributed by atoms with Crippen LogP contribution in [0.2, 0.25) is 0 Å². The standard InChI is InChI=1S/C23H24N6O/c1-15-12-16(2)25-21(24-15)28-22(29-23(30)27-19-10-4-3-5-11-19)26-20-13-17-8-6-7-9-18(17)14-20/h3-12,20H,13-14H2,1-2H3,(H3,24,25,26,27,28,29,30). The molecule has 7 nitrogen and oxygen atoms in total. The molecule has 0 bridgehead atoms. The van der Waals surface area contributed by atoms with Gasteiger partial charge in [-0.15, -0.1) is 0 Å². The zero-order valence-electron chi connectivity index (χ0n) is 17.0. The van der Waals surface area contributed by atoms with Crippen LogP contribution in [0.25, 0.3) is 0 Å². The number of anilines is 2. The third-order valence-electron chi connectivity index (χ3n) is 4.82. The lowest BCUT2D eigenvalue weighted by atomic mass is 10.1. The number of amides is 2. The van der Waals surface area contributed by atoms with E-state index >= 15 is 0 Å². The predicted molar refractivity (Wildman–Crippen MR) is 119 cm³/mol. The van der Waals surface area contributed by atoms with Crippen molar-refractivity contribution in [3.8, 4) is 0 Å². The first-order chi connectivity index (χ1) is 14.5. The molecule has 0 atom stereocenters. The number of rotatable bonds is 3. The molecular formula is C23H24N6O. The van der Waals surface area contributed by atoms with Gasteiger partial charge in [0.15, 0.2) is 0 Å². The lowest BCUT2D eigenvalue weighted by Crippen LogP contribution is -2.40. The predicted octanol–water partition coefficient (Wildman–Crippen LogP) is 3.85. The Balaban J connectivity index is 1.53. The number of benzene rings is 2. The van der Waals surface area contributed by atoms with Gasteiger partial charge in [-0.1, -0.05) is 42.5 Å². The van der Waals surface area contributed by atoms with Crippen molar-refractivity contribution in [2.24, 2.45) is 4.99 Å².